The quantitative estimate of drug-likeness (QED) is 0.665. The molecule has 4 heteroatoms. The number of rotatable bonds is 2. The van der Waals surface area contributed by atoms with Crippen molar-refractivity contribution in [3.8, 4) is 0 Å². The van der Waals surface area contributed by atoms with Crippen LogP contribution >= 0.6 is 0 Å². The number of hydrogen-bond acceptors (Lipinski definition) is 3. The van der Waals surface area contributed by atoms with Gasteiger partial charge in [-0.25, -0.2) is 4.79 Å². The molecule has 0 spiro atoms. The van der Waals surface area contributed by atoms with Gasteiger partial charge in [-0.1, -0.05) is 0 Å². The van der Waals surface area contributed by atoms with Crippen molar-refractivity contribution >= 4 is 6.09 Å². The minimum atomic E-state index is -0.361. The third kappa shape index (κ3) is 1.39. The summed E-state index contributed by atoms with van der Waals surface area (Å²) in [6.07, 6.45) is -0.684. The molecule has 1 rings (SSSR count). The van der Waals surface area contributed by atoms with Crippen molar-refractivity contribution < 1.29 is 14.6 Å². The average molecular weight is 173 g/mol. The first-order chi connectivity index (χ1) is 5.57. The number of ether oxygens (including phenoxy) is 1. The molecule has 4 nitrogen and oxygen atoms in total. The van der Waals surface area contributed by atoms with Gasteiger partial charge < -0.3 is 9.84 Å². The van der Waals surface area contributed by atoms with Gasteiger partial charge in [-0.2, -0.15) is 0 Å². The van der Waals surface area contributed by atoms with E-state index in [0.717, 1.165) is 0 Å². The van der Waals surface area contributed by atoms with Crippen LogP contribution in [0.15, 0.2) is 0 Å². The van der Waals surface area contributed by atoms with Crippen LogP contribution in [-0.4, -0.2) is 40.9 Å². The predicted molar refractivity (Wildman–Crippen MR) is 43.8 cm³/mol. The molecule has 2 atom stereocenters. The van der Waals surface area contributed by atoms with Crippen molar-refractivity contribution in [2.45, 2.75) is 39.0 Å². The summed E-state index contributed by atoms with van der Waals surface area (Å²) in [7, 11) is 0. The standard InChI is InChI=1S/C8H15NO3/c1-5(2)9-6(3)7(4-10)12-8(9)11/h5-7,10H,4H2,1-3H3/t6-,7+/m0/s1. The Balaban J connectivity index is 2.70. The summed E-state index contributed by atoms with van der Waals surface area (Å²) in [6, 6.07) is 0.103. The van der Waals surface area contributed by atoms with Crippen LogP contribution in [0.4, 0.5) is 4.79 Å². The summed E-state index contributed by atoms with van der Waals surface area (Å²) in [6.45, 7) is 5.64. The third-order valence-electron chi connectivity index (χ3n) is 2.18. The van der Waals surface area contributed by atoms with Gasteiger partial charge in [0.1, 0.15) is 6.10 Å². The molecule has 0 aliphatic carbocycles. The Hall–Kier alpha value is -0.770. The van der Waals surface area contributed by atoms with Crippen molar-refractivity contribution in [2.75, 3.05) is 6.61 Å². The molecule has 1 aliphatic rings. The van der Waals surface area contributed by atoms with Gasteiger partial charge in [0.05, 0.1) is 12.6 Å². The molecule has 1 heterocycles. The van der Waals surface area contributed by atoms with E-state index in [-0.39, 0.29) is 30.9 Å². The fraction of sp³-hybridized carbons (Fsp3) is 0.875. The molecule has 0 unspecified atom stereocenters. The molecule has 0 aromatic heterocycles. The van der Waals surface area contributed by atoms with Crippen molar-refractivity contribution in [3.05, 3.63) is 0 Å². The first-order valence-corrected chi connectivity index (χ1v) is 4.17. The van der Waals surface area contributed by atoms with E-state index in [1.54, 1.807) is 4.90 Å². The number of cyclic esters (lactones) is 1. The van der Waals surface area contributed by atoms with Crippen molar-refractivity contribution in [1.29, 1.82) is 0 Å². The van der Waals surface area contributed by atoms with Gasteiger partial charge in [-0.15, -0.1) is 0 Å². The average Bonchev–Trinajstić information content (AvgIpc) is 2.25. The highest BCUT2D eigenvalue weighted by Gasteiger charge is 2.39. The monoisotopic (exact) mass is 173 g/mol. The number of aliphatic hydroxyl groups excluding tert-OH is 1. The highest BCUT2D eigenvalue weighted by Crippen LogP contribution is 2.21. The highest BCUT2D eigenvalue weighted by atomic mass is 16.6. The third-order valence-corrected chi connectivity index (χ3v) is 2.18. The van der Waals surface area contributed by atoms with Gasteiger partial charge in [0.15, 0.2) is 0 Å². The Bertz CT molecular complexity index is 181. The van der Waals surface area contributed by atoms with Crippen LogP contribution in [0.25, 0.3) is 0 Å². The minimum absolute atomic E-state index is 0.0255. The normalized spacial score (nSPS) is 29.8. The molecule has 1 fully saturated rings. The van der Waals surface area contributed by atoms with Crippen molar-refractivity contribution in [1.82, 2.24) is 4.90 Å². The van der Waals surface area contributed by atoms with E-state index >= 15 is 0 Å². The van der Waals surface area contributed by atoms with Crippen LogP contribution in [0.3, 0.4) is 0 Å². The van der Waals surface area contributed by atoms with E-state index in [4.69, 9.17) is 9.84 Å². The van der Waals surface area contributed by atoms with Gasteiger partial charge in [0.2, 0.25) is 0 Å². The second kappa shape index (κ2) is 3.31. The maximum absolute atomic E-state index is 11.2. The van der Waals surface area contributed by atoms with E-state index in [1.165, 1.54) is 0 Å². The first kappa shape index (κ1) is 9.32. The van der Waals surface area contributed by atoms with Crippen LogP contribution in [0.5, 0.6) is 0 Å². The molecule has 0 saturated carbocycles. The molecule has 0 bridgehead atoms. The molecular weight excluding hydrogens is 158 g/mol. The Morgan fingerprint density at radius 1 is 1.67 bits per heavy atom. The lowest BCUT2D eigenvalue weighted by Crippen LogP contribution is -2.39. The molecule has 70 valence electrons. The van der Waals surface area contributed by atoms with Gasteiger partial charge in [-0.05, 0) is 20.8 Å². The SMILES string of the molecule is CC(C)N1C(=O)O[C@H](CO)[C@@H]1C. The molecule has 1 aliphatic heterocycles. The van der Waals surface area contributed by atoms with E-state index in [1.807, 2.05) is 20.8 Å². The summed E-state index contributed by atoms with van der Waals surface area (Å²) >= 11 is 0. The topological polar surface area (TPSA) is 49.8 Å². The van der Waals surface area contributed by atoms with E-state index in [2.05, 4.69) is 0 Å². The Kier molecular flexibility index (Phi) is 2.57. The number of nitrogens with zero attached hydrogens (tertiary/aromatic N) is 1. The fourth-order valence-corrected chi connectivity index (χ4v) is 1.51. The predicted octanol–water partition coefficient (Wildman–Crippen LogP) is 0.596. The first-order valence-electron chi connectivity index (χ1n) is 4.17. The van der Waals surface area contributed by atoms with Gasteiger partial charge in [0, 0.05) is 6.04 Å². The maximum Gasteiger partial charge on any atom is 0.410 e. The van der Waals surface area contributed by atoms with Crippen LogP contribution in [0.1, 0.15) is 20.8 Å². The minimum Gasteiger partial charge on any atom is -0.441 e. The van der Waals surface area contributed by atoms with E-state index in [0.29, 0.717) is 0 Å². The second-order valence-electron chi connectivity index (χ2n) is 3.35. The Morgan fingerprint density at radius 3 is 2.50 bits per heavy atom. The van der Waals surface area contributed by atoms with Crippen LogP contribution < -0.4 is 0 Å². The van der Waals surface area contributed by atoms with Crippen LogP contribution in [0, 0.1) is 0 Å². The van der Waals surface area contributed by atoms with Gasteiger partial charge in [0.25, 0.3) is 0 Å². The largest absolute Gasteiger partial charge is 0.441 e. The molecule has 12 heavy (non-hydrogen) atoms. The zero-order valence-corrected chi connectivity index (χ0v) is 7.65. The van der Waals surface area contributed by atoms with Gasteiger partial charge >= 0.3 is 6.09 Å². The van der Waals surface area contributed by atoms with Gasteiger partial charge in [-0.3, -0.25) is 4.90 Å². The number of amides is 1. The lowest BCUT2D eigenvalue weighted by molar-refractivity contribution is 0.0853. The summed E-state index contributed by atoms with van der Waals surface area (Å²) < 4.78 is 4.93. The van der Waals surface area contributed by atoms with E-state index in [9.17, 15) is 4.79 Å². The second-order valence-corrected chi connectivity index (χ2v) is 3.35. The Morgan fingerprint density at radius 2 is 2.25 bits per heavy atom. The van der Waals surface area contributed by atoms with Crippen LogP contribution in [-0.2, 0) is 4.74 Å². The highest BCUT2D eigenvalue weighted by molar-refractivity contribution is 5.71. The van der Waals surface area contributed by atoms with Crippen molar-refractivity contribution in [2.24, 2.45) is 0 Å². The summed E-state index contributed by atoms with van der Waals surface area (Å²) in [5.74, 6) is 0. The zero-order valence-electron chi connectivity index (χ0n) is 7.65. The summed E-state index contributed by atoms with van der Waals surface area (Å²) in [4.78, 5) is 12.8. The number of carbonyl (C=O) groups excluding carboxylic acids is 1. The molecule has 1 saturated heterocycles. The van der Waals surface area contributed by atoms with Crippen molar-refractivity contribution in [3.63, 3.8) is 0 Å². The molecule has 1 amide bonds. The van der Waals surface area contributed by atoms with E-state index < -0.39 is 0 Å². The number of hydrogen-bond donors (Lipinski definition) is 1. The lowest BCUT2D eigenvalue weighted by Gasteiger charge is -2.23. The van der Waals surface area contributed by atoms with Crippen LogP contribution in [0.2, 0.25) is 0 Å². The molecule has 0 aromatic carbocycles. The summed E-state index contributed by atoms with van der Waals surface area (Å²) in [5, 5.41) is 8.85. The zero-order chi connectivity index (χ0) is 9.30. The summed E-state index contributed by atoms with van der Waals surface area (Å²) in [5.41, 5.74) is 0. The molecule has 0 radical (unpaired) electrons. The smallest absolute Gasteiger partial charge is 0.410 e. The lowest BCUT2D eigenvalue weighted by atomic mass is 10.1. The maximum atomic E-state index is 11.2. The fourth-order valence-electron chi connectivity index (χ4n) is 1.51. The number of carbonyl (C=O) groups is 1. The molecule has 0 aromatic rings. The Labute approximate surface area is 72.1 Å². The molecular formula is C8H15NO3. The number of aliphatic hydroxyl groups is 1. The molecule has 1 N–H and O–H groups in total.